The fourth-order valence-corrected chi connectivity index (χ4v) is 3.22. The zero-order valence-corrected chi connectivity index (χ0v) is 11.6. The molecule has 0 aliphatic carbocycles. The van der Waals surface area contributed by atoms with Crippen LogP contribution in [-0.4, -0.2) is 61.1 Å². The fraction of sp³-hybridized carbons (Fsp3) is 0.923. The molecule has 0 atom stereocenters. The highest BCUT2D eigenvalue weighted by Gasteiger charge is 2.39. The topological polar surface area (TPSA) is 70.9 Å². The molecule has 5 heteroatoms. The Kier molecular flexibility index (Phi) is 4.45. The van der Waals surface area contributed by atoms with Gasteiger partial charge in [0, 0.05) is 5.54 Å². The lowest BCUT2D eigenvalue weighted by atomic mass is 9.84. The summed E-state index contributed by atoms with van der Waals surface area (Å²) in [5, 5.41) is 0. The number of rotatable bonds is 3. The van der Waals surface area contributed by atoms with Crippen molar-refractivity contribution < 1.29 is 0 Å². The Morgan fingerprint density at radius 3 is 2.22 bits per heavy atom. The van der Waals surface area contributed by atoms with Crippen LogP contribution in [0.4, 0.5) is 0 Å². The molecule has 2 aliphatic rings. The first-order chi connectivity index (χ1) is 8.62. The maximum absolute atomic E-state index is 5.52. The highest BCUT2D eigenvalue weighted by atomic mass is 15.2. The Morgan fingerprint density at radius 2 is 1.67 bits per heavy atom. The van der Waals surface area contributed by atoms with Gasteiger partial charge < -0.3 is 16.4 Å². The summed E-state index contributed by atoms with van der Waals surface area (Å²) in [4.78, 5) is 9.38. The van der Waals surface area contributed by atoms with Gasteiger partial charge in [-0.3, -0.25) is 9.89 Å². The molecule has 0 spiro atoms. The second kappa shape index (κ2) is 5.89. The van der Waals surface area contributed by atoms with Gasteiger partial charge in [-0.25, -0.2) is 0 Å². The van der Waals surface area contributed by atoms with E-state index in [4.69, 9.17) is 11.5 Å². The summed E-state index contributed by atoms with van der Waals surface area (Å²) in [5.41, 5.74) is 11.3. The Bertz CT molecular complexity index is 284. The van der Waals surface area contributed by atoms with E-state index in [-0.39, 0.29) is 11.5 Å². The second-order valence-corrected chi connectivity index (χ2v) is 5.82. The minimum Gasteiger partial charge on any atom is -0.370 e. The molecule has 0 aromatic heterocycles. The number of hydrogen-bond acceptors (Lipinski definition) is 3. The van der Waals surface area contributed by atoms with Gasteiger partial charge in [-0.05, 0) is 58.9 Å². The van der Waals surface area contributed by atoms with Crippen LogP contribution in [0.3, 0.4) is 0 Å². The molecule has 0 amide bonds. The molecule has 18 heavy (non-hydrogen) atoms. The smallest absolute Gasteiger partial charge is 0.185 e. The maximum atomic E-state index is 5.52. The number of nitrogens with zero attached hydrogens (tertiary/aromatic N) is 3. The van der Waals surface area contributed by atoms with Gasteiger partial charge in [0.25, 0.3) is 0 Å². The predicted molar refractivity (Wildman–Crippen MR) is 75.6 cm³/mol. The third-order valence-electron chi connectivity index (χ3n) is 4.50. The highest BCUT2D eigenvalue weighted by Crippen LogP contribution is 2.31. The molecule has 0 bridgehead atoms. The van der Waals surface area contributed by atoms with Crippen LogP contribution < -0.4 is 11.5 Å². The molecule has 5 nitrogen and oxygen atoms in total. The van der Waals surface area contributed by atoms with Crippen LogP contribution in [0.1, 0.15) is 32.1 Å². The van der Waals surface area contributed by atoms with E-state index in [9.17, 15) is 0 Å². The van der Waals surface area contributed by atoms with E-state index in [2.05, 4.69) is 21.8 Å². The molecular weight excluding hydrogens is 226 g/mol. The van der Waals surface area contributed by atoms with E-state index in [1.165, 1.54) is 45.2 Å². The molecule has 2 heterocycles. The number of nitrogens with two attached hydrogens (primary N) is 2. The van der Waals surface area contributed by atoms with Gasteiger partial charge in [0.1, 0.15) is 0 Å². The van der Waals surface area contributed by atoms with Crippen LogP contribution in [0.15, 0.2) is 4.99 Å². The van der Waals surface area contributed by atoms with E-state index in [0.717, 1.165) is 19.6 Å². The minimum absolute atomic E-state index is 0.205. The molecule has 2 aliphatic heterocycles. The van der Waals surface area contributed by atoms with Crippen molar-refractivity contribution in [2.24, 2.45) is 16.5 Å². The molecule has 104 valence electrons. The normalized spacial score (nSPS) is 25.8. The first-order valence-corrected chi connectivity index (χ1v) is 7.11. The van der Waals surface area contributed by atoms with Crippen molar-refractivity contribution in [1.29, 1.82) is 0 Å². The van der Waals surface area contributed by atoms with Crippen LogP contribution in [0.2, 0.25) is 0 Å². The summed E-state index contributed by atoms with van der Waals surface area (Å²) in [5.74, 6) is 0.227. The monoisotopic (exact) mass is 253 g/mol. The van der Waals surface area contributed by atoms with Gasteiger partial charge in [-0.2, -0.15) is 0 Å². The number of hydrogen-bond donors (Lipinski definition) is 2. The van der Waals surface area contributed by atoms with Crippen molar-refractivity contribution in [1.82, 2.24) is 9.80 Å². The van der Waals surface area contributed by atoms with Crippen LogP contribution in [0.5, 0.6) is 0 Å². The minimum atomic E-state index is 0.205. The summed E-state index contributed by atoms with van der Waals surface area (Å²) in [6, 6.07) is 0. The average molecular weight is 253 g/mol. The molecule has 2 fully saturated rings. The summed E-state index contributed by atoms with van der Waals surface area (Å²) in [6.07, 6.45) is 6.37. The molecule has 2 rings (SSSR count). The molecule has 0 aromatic rings. The summed E-state index contributed by atoms with van der Waals surface area (Å²) in [6.45, 7) is 5.49. The van der Waals surface area contributed by atoms with Crippen molar-refractivity contribution in [3.8, 4) is 0 Å². The fourth-order valence-electron chi connectivity index (χ4n) is 3.22. The Morgan fingerprint density at radius 1 is 1.06 bits per heavy atom. The van der Waals surface area contributed by atoms with Crippen molar-refractivity contribution in [3.05, 3.63) is 0 Å². The predicted octanol–water partition coefficient (Wildman–Crippen LogP) is 0.210. The Balaban J connectivity index is 2.08. The summed E-state index contributed by atoms with van der Waals surface area (Å²) < 4.78 is 0. The summed E-state index contributed by atoms with van der Waals surface area (Å²) in [7, 11) is 2.20. The zero-order valence-electron chi connectivity index (χ0n) is 11.6. The van der Waals surface area contributed by atoms with E-state index >= 15 is 0 Å². The molecule has 0 unspecified atom stereocenters. The van der Waals surface area contributed by atoms with Crippen LogP contribution >= 0.6 is 0 Å². The van der Waals surface area contributed by atoms with Gasteiger partial charge in [-0.15, -0.1) is 0 Å². The largest absolute Gasteiger partial charge is 0.370 e. The maximum Gasteiger partial charge on any atom is 0.185 e. The van der Waals surface area contributed by atoms with Crippen LogP contribution in [0, 0.1) is 0 Å². The van der Waals surface area contributed by atoms with E-state index in [0.29, 0.717) is 0 Å². The third kappa shape index (κ3) is 3.14. The quantitative estimate of drug-likeness (QED) is 0.557. The third-order valence-corrected chi connectivity index (χ3v) is 4.50. The van der Waals surface area contributed by atoms with E-state index in [1.807, 2.05) is 0 Å². The number of likely N-dealkylation sites (tertiary alicyclic amines) is 2. The number of piperidine rings is 2. The lowest BCUT2D eigenvalue weighted by Gasteiger charge is -2.49. The van der Waals surface area contributed by atoms with Crippen LogP contribution in [0.25, 0.3) is 0 Å². The van der Waals surface area contributed by atoms with Crippen molar-refractivity contribution in [2.75, 3.05) is 39.8 Å². The van der Waals surface area contributed by atoms with E-state index < -0.39 is 0 Å². The Hall–Kier alpha value is -0.810. The van der Waals surface area contributed by atoms with Gasteiger partial charge in [0.2, 0.25) is 0 Å². The van der Waals surface area contributed by atoms with Gasteiger partial charge in [0.05, 0.1) is 6.54 Å². The lowest BCUT2D eigenvalue weighted by Crippen LogP contribution is -2.58. The van der Waals surface area contributed by atoms with Gasteiger partial charge in [-0.1, -0.05) is 6.42 Å². The molecule has 0 radical (unpaired) electrons. The second-order valence-electron chi connectivity index (χ2n) is 5.82. The molecule has 0 aromatic carbocycles. The SMILES string of the molecule is CN1CCC(CN=C(N)N)(N2CCCCC2)CC1. The van der Waals surface area contributed by atoms with Crippen molar-refractivity contribution in [3.63, 3.8) is 0 Å². The van der Waals surface area contributed by atoms with Crippen molar-refractivity contribution in [2.45, 2.75) is 37.6 Å². The molecule has 4 N–H and O–H groups in total. The first-order valence-electron chi connectivity index (χ1n) is 7.11. The lowest BCUT2D eigenvalue weighted by molar-refractivity contribution is 0.0208. The number of aliphatic imine (C=N–C) groups is 1. The van der Waals surface area contributed by atoms with Gasteiger partial charge in [0.15, 0.2) is 5.96 Å². The van der Waals surface area contributed by atoms with Crippen molar-refractivity contribution >= 4 is 5.96 Å². The van der Waals surface area contributed by atoms with E-state index in [1.54, 1.807) is 0 Å². The Labute approximate surface area is 110 Å². The molecule has 0 saturated carbocycles. The highest BCUT2D eigenvalue weighted by molar-refractivity contribution is 5.75. The zero-order chi connectivity index (χ0) is 13.0. The summed E-state index contributed by atoms with van der Waals surface area (Å²) >= 11 is 0. The average Bonchev–Trinajstić information content (AvgIpc) is 2.39. The number of guanidine groups is 1. The molecular formula is C13H27N5. The van der Waals surface area contributed by atoms with Gasteiger partial charge >= 0.3 is 0 Å². The first kappa shape index (κ1) is 13.6. The van der Waals surface area contributed by atoms with Crippen LogP contribution in [-0.2, 0) is 0 Å². The standard InChI is InChI=1S/C13H27N5/c1-17-9-5-13(6-10-17,11-16-12(14)15)18-7-3-2-4-8-18/h2-11H2,1H3,(H4,14,15,16). The molecule has 2 saturated heterocycles.